The fourth-order valence-electron chi connectivity index (χ4n) is 2.06. The molecule has 0 unspecified atom stereocenters. The van der Waals surface area contributed by atoms with E-state index >= 15 is 0 Å². The molecule has 0 radical (unpaired) electrons. The van der Waals surface area contributed by atoms with Gasteiger partial charge in [0.1, 0.15) is 6.26 Å². The van der Waals surface area contributed by atoms with Crippen LogP contribution in [0, 0.1) is 0 Å². The van der Waals surface area contributed by atoms with Gasteiger partial charge in [-0.1, -0.05) is 23.2 Å². The van der Waals surface area contributed by atoms with Gasteiger partial charge in [0, 0.05) is 18.7 Å². The molecule has 110 valence electrons. The molecule has 2 aromatic rings. The molecule has 21 heavy (non-hydrogen) atoms. The summed E-state index contributed by atoms with van der Waals surface area (Å²) in [5.41, 5.74) is 0.948. The van der Waals surface area contributed by atoms with Crippen molar-refractivity contribution < 1.29 is 13.9 Å². The minimum absolute atomic E-state index is 0.159. The van der Waals surface area contributed by atoms with E-state index in [9.17, 15) is 4.79 Å². The quantitative estimate of drug-likeness (QED) is 0.850. The summed E-state index contributed by atoms with van der Waals surface area (Å²) in [6.07, 6.45) is 1.36. The molecule has 0 bridgehead atoms. The lowest BCUT2D eigenvalue weighted by molar-refractivity contribution is 0.0299. The number of hydrogen-bond acceptors (Lipinski definition) is 4. The molecule has 1 saturated heterocycles. The number of carbonyl (C=O) groups is 1. The lowest BCUT2D eigenvalue weighted by Gasteiger charge is -2.25. The highest BCUT2D eigenvalue weighted by atomic mass is 35.5. The SMILES string of the molecule is O=C(c1coc(-c2ccc(Cl)c(Cl)c2)n1)N1CCOCC1. The van der Waals surface area contributed by atoms with Gasteiger partial charge in [0.2, 0.25) is 5.89 Å². The van der Waals surface area contributed by atoms with E-state index in [2.05, 4.69) is 4.98 Å². The first kappa shape index (κ1) is 14.4. The van der Waals surface area contributed by atoms with Gasteiger partial charge < -0.3 is 14.1 Å². The maximum absolute atomic E-state index is 12.3. The van der Waals surface area contributed by atoms with Crippen LogP contribution in [0.3, 0.4) is 0 Å². The summed E-state index contributed by atoms with van der Waals surface area (Å²) >= 11 is 11.8. The van der Waals surface area contributed by atoms with E-state index in [0.29, 0.717) is 47.8 Å². The average molecular weight is 327 g/mol. The molecule has 0 atom stereocenters. The Hall–Kier alpha value is -1.56. The van der Waals surface area contributed by atoms with Crippen molar-refractivity contribution in [3.05, 3.63) is 40.2 Å². The fourth-order valence-corrected chi connectivity index (χ4v) is 2.36. The summed E-state index contributed by atoms with van der Waals surface area (Å²) in [4.78, 5) is 18.2. The number of aromatic nitrogens is 1. The lowest BCUT2D eigenvalue weighted by Crippen LogP contribution is -2.40. The summed E-state index contributed by atoms with van der Waals surface area (Å²) in [6, 6.07) is 5.05. The zero-order chi connectivity index (χ0) is 14.8. The Kier molecular flexibility index (Phi) is 4.14. The Labute approximate surface area is 131 Å². The van der Waals surface area contributed by atoms with Gasteiger partial charge in [-0.05, 0) is 18.2 Å². The molecule has 3 rings (SSSR count). The number of ether oxygens (including phenoxy) is 1. The van der Waals surface area contributed by atoms with Crippen LogP contribution >= 0.6 is 23.2 Å². The Morgan fingerprint density at radius 1 is 1.19 bits per heavy atom. The maximum Gasteiger partial charge on any atom is 0.275 e. The number of amides is 1. The topological polar surface area (TPSA) is 55.6 Å². The molecule has 5 nitrogen and oxygen atoms in total. The van der Waals surface area contributed by atoms with Crippen molar-refractivity contribution in [1.29, 1.82) is 0 Å². The lowest BCUT2D eigenvalue weighted by atomic mass is 10.2. The molecule has 1 fully saturated rings. The number of halogens is 2. The first-order valence-electron chi connectivity index (χ1n) is 6.43. The first-order valence-corrected chi connectivity index (χ1v) is 7.19. The van der Waals surface area contributed by atoms with Crippen molar-refractivity contribution in [2.45, 2.75) is 0 Å². The normalized spacial score (nSPS) is 15.2. The van der Waals surface area contributed by atoms with Crippen LogP contribution in [0.2, 0.25) is 10.0 Å². The molecule has 0 N–H and O–H groups in total. The minimum Gasteiger partial charge on any atom is -0.444 e. The third kappa shape index (κ3) is 3.05. The molecular formula is C14H12Cl2N2O3. The van der Waals surface area contributed by atoms with Crippen LogP contribution in [0.1, 0.15) is 10.5 Å². The highest BCUT2D eigenvalue weighted by molar-refractivity contribution is 6.42. The van der Waals surface area contributed by atoms with Crippen molar-refractivity contribution in [2.24, 2.45) is 0 Å². The molecule has 1 aromatic heterocycles. The van der Waals surface area contributed by atoms with E-state index in [1.54, 1.807) is 23.1 Å². The third-order valence-electron chi connectivity index (χ3n) is 3.19. The smallest absolute Gasteiger partial charge is 0.275 e. The van der Waals surface area contributed by atoms with E-state index in [4.69, 9.17) is 32.4 Å². The fraction of sp³-hybridized carbons (Fsp3) is 0.286. The Morgan fingerprint density at radius 3 is 2.67 bits per heavy atom. The van der Waals surface area contributed by atoms with Crippen molar-refractivity contribution in [3.63, 3.8) is 0 Å². The summed E-state index contributed by atoms with van der Waals surface area (Å²) in [5, 5.41) is 0.866. The molecular weight excluding hydrogens is 315 g/mol. The van der Waals surface area contributed by atoms with E-state index in [1.165, 1.54) is 6.26 Å². The van der Waals surface area contributed by atoms with Crippen LogP contribution in [0.5, 0.6) is 0 Å². The van der Waals surface area contributed by atoms with E-state index in [1.807, 2.05) is 0 Å². The monoisotopic (exact) mass is 326 g/mol. The number of morpholine rings is 1. The van der Waals surface area contributed by atoms with Crippen molar-refractivity contribution >= 4 is 29.1 Å². The van der Waals surface area contributed by atoms with Crippen LogP contribution in [-0.2, 0) is 4.74 Å². The molecule has 2 heterocycles. The largest absolute Gasteiger partial charge is 0.444 e. The van der Waals surface area contributed by atoms with E-state index in [-0.39, 0.29) is 11.6 Å². The molecule has 1 aromatic carbocycles. The Morgan fingerprint density at radius 2 is 1.95 bits per heavy atom. The minimum atomic E-state index is -0.159. The number of carbonyl (C=O) groups excluding carboxylic acids is 1. The Bertz CT molecular complexity index is 666. The standard InChI is InChI=1S/C14H12Cl2N2O3/c15-10-2-1-9(7-11(10)16)13-17-12(8-21-13)14(19)18-3-5-20-6-4-18/h1-2,7-8H,3-6H2. The summed E-state index contributed by atoms with van der Waals surface area (Å²) in [7, 11) is 0. The maximum atomic E-state index is 12.3. The predicted octanol–water partition coefficient (Wildman–Crippen LogP) is 3.12. The highest BCUT2D eigenvalue weighted by Gasteiger charge is 2.22. The molecule has 0 spiro atoms. The van der Waals surface area contributed by atoms with E-state index in [0.717, 1.165) is 0 Å². The molecule has 7 heteroatoms. The third-order valence-corrected chi connectivity index (χ3v) is 3.93. The van der Waals surface area contributed by atoms with Crippen LogP contribution in [0.25, 0.3) is 11.5 Å². The molecule has 1 aliphatic heterocycles. The molecule has 0 aliphatic carbocycles. The van der Waals surface area contributed by atoms with Crippen LogP contribution in [0.15, 0.2) is 28.9 Å². The summed E-state index contributed by atoms with van der Waals surface area (Å²) in [5.74, 6) is 0.179. The van der Waals surface area contributed by atoms with Gasteiger partial charge in [0.05, 0.1) is 23.3 Å². The molecule has 1 amide bonds. The predicted molar refractivity (Wildman–Crippen MR) is 78.7 cm³/mol. The number of benzene rings is 1. The van der Waals surface area contributed by atoms with Gasteiger partial charge in [0.25, 0.3) is 5.91 Å². The molecule has 1 aliphatic rings. The average Bonchev–Trinajstić information content (AvgIpc) is 3.00. The second-order valence-corrected chi connectivity index (χ2v) is 5.39. The van der Waals surface area contributed by atoms with Gasteiger partial charge in [-0.25, -0.2) is 4.98 Å². The number of nitrogens with zero attached hydrogens (tertiary/aromatic N) is 2. The van der Waals surface area contributed by atoms with Gasteiger partial charge in [-0.2, -0.15) is 0 Å². The van der Waals surface area contributed by atoms with Crippen LogP contribution in [0.4, 0.5) is 0 Å². The zero-order valence-corrected chi connectivity index (χ0v) is 12.5. The second-order valence-electron chi connectivity index (χ2n) is 4.57. The zero-order valence-electron chi connectivity index (χ0n) is 11.0. The summed E-state index contributed by atoms with van der Waals surface area (Å²) in [6.45, 7) is 2.22. The Balaban J connectivity index is 1.82. The van der Waals surface area contributed by atoms with Gasteiger partial charge in [0.15, 0.2) is 5.69 Å². The van der Waals surface area contributed by atoms with Crippen molar-refractivity contribution in [1.82, 2.24) is 9.88 Å². The number of hydrogen-bond donors (Lipinski definition) is 0. The van der Waals surface area contributed by atoms with Crippen LogP contribution < -0.4 is 0 Å². The van der Waals surface area contributed by atoms with Gasteiger partial charge >= 0.3 is 0 Å². The molecule has 0 saturated carbocycles. The van der Waals surface area contributed by atoms with Crippen LogP contribution in [-0.4, -0.2) is 42.1 Å². The van der Waals surface area contributed by atoms with E-state index < -0.39 is 0 Å². The second kappa shape index (κ2) is 6.05. The summed E-state index contributed by atoms with van der Waals surface area (Å²) < 4.78 is 10.6. The van der Waals surface area contributed by atoms with Gasteiger partial charge in [-0.15, -0.1) is 0 Å². The van der Waals surface area contributed by atoms with Gasteiger partial charge in [-0.3, -0.25) is 4.79 Å². The van der Waals surface area contributed by atoms with Crippen molar-refractivity contribution in [2.75, 3.05) is 26.3 Å². The number of oxazole rings is 1. The number of rotatable bonds is 2. The first-order chi connectivity index (χ1) is 10.1. The van der Waals surface area contributed by atoms with Crippen molar-refractivity contribution in [3.8, 4) is 11.5 Å². The highest BCUT2D eigenvalue weighted by Crippen LogP contribution is 2.28.